The molecule has 0 aromatic carbocycles. The zero-order chi connectivity index (χ0) is 14.5. The van der Waals surface area contributed by atoms with Crippen molar-refractivity contribution in [2.45, 2.75) is 32.2 Å². The summed E-state index contributed by atoms with van der Waals surface area (Å²) in [5, 5.41) is 12.4. The molecule has 5 nitrogen and oxygen atoms in total. The molecule has 19 heavy (non-hydrogen) atoms. The number of nitrogens with one attached hydrogen (secondary N) is 1. The van der Waals surface area contributed by atoms with Crippen LogP contribution in [0.2, 0.25) is 0 Å². The number of nitrogens with zero attached hydrogens (tertiary/aromatic N) is 2. The molecular weight excluding hydrogens is 242 g/mol. The van der Waals surface area contributed by atoms with Gasteiger partial charge in [0.25, 0.3) is 5.91 Å². The second-order valence-corrected chi connectivity index (χ2v) is 4.90. The second kappa shape index (κ2) is 6.52. The number of hydrogen-bond acceptors (Lipinski definition) is 4. The summed E-state index contributed by atoms with van der Waals surface area (Å²) >= 11 is 0. The summed E-state index contributed by atoms with van der Waals surface area (Å²) in [5.41, 5.74) is -0.0394. The van der Waals surface area contributed by atoms with Gasteiger partial charge in [-0.3, -0.25) is 4.79 Å². The third-order valence-electron chi connectivity index (χ3n) is 3.50. The van der Waals surface area contributed by atoms with Gasteiger partial charge < -0.3 is 15.3 Å². The first kappa shape index (κ1) is 15.4. The van der Waals surface area contributed by atoms with Crippen LogP contribution in [0.5, 0.6) is 0 Å². The Labute approximate surface area is 114 Å². The number of aliphatic hydroxyl groups is 1. The van der Waals surface area contributed by atoms with E-state index in [2.05, 4.69) is 10.3 Å². The maximum Gasteiger partial charge on any atom is 0.253 e. The van der Waals surface area contributed by atoms with Gasteiger partial charge in [0.1, 0.15) is 5.82 Å². The monoisotopic (exact) mass is 265 g/mol. The van der Waals surface area contributed by atoms with Gasteiger partial charge in [-0.15, -0.1) is 0 Å². The van der Waals surface area contributed by atoms with Gasteiger partial charge in [-0.1, -0.05) is 13.8 Å². The fraction of sp³-hybridized carbons (Fsp3) is 0.571. The smallest absolute Gasteiger partial charge is 0.253 e. The van der Waals surface area contributed by atoms with E-state index in [1.807, 2.05) is 32.8 Å². The molecule has 1 heterocycles. The van der Waals surface area contributed by atoms with Crippen molar-refractivity contribution >= 4 is 11.7 Å². The number of aromatic nitrogens is 1. The van der Waals surface area contributed by atoms with Crippen LogP contribution in [0.15, 0.2) is 18.3 Å². The van der Waals surface area contributed by atoms with Crippen molar-refractivity contribution in [2.24, 2.45) is 0 Å². The van der Waals surface area contributed by atoms with Gasteiger partial charge in [-0.05, 0) is 25.0 Å². The van der Waals surface area contributed by atoms with Gasteiger partial charge in [-0.25, -0.2) is 4.98 Å². The average Bonchev–Trinajstić information content (AvgIpc) is 2.45. The van der Waals surface area contributed by atoms with E-state index in [0.717, 1.165) is 5.82 Å². The molecule has 0 saturated carbocycles. The molecule has 0 aliphatic heterocycles. The topological polar surface area (TPSA) is 65.5 Å². The van der Waals surface area contributed by atoms with Crippen LogP contribution in [0.1, 0.15) is 37.0 Å². The van der Waals surface area contributed by atoms with Gasteiger partial charge >= 0.3 is 0 Å². The van der Waals surface area contributed by atoms with Crippen LogP contribution < -0.4 is 10.2 Å². The lowest BCUT2D eigenvalue weighted by Crippen LogP contribution is -2.50. The van der Waals surface area contributed by atoms with Crippen molar-refractivity contribution < 1.29 is 9.90 Å². The largest absolute Gasteiger partial charge is 0.394 e. The normalized spacial score (nSPS) is 11.2. The van der Waals surface area contributed by atoms with Crippen molar-refractivity contribution in [2.75, 3.05) is 25.6 Å². The van der Waals surface area contributed by atoms with Gasteiger partial charge in [0.05, 0.1) is 17.7 Å². The predicted octanol–water partition coefficient (Wildman–Crippen LogP) is 1.43. The summed E-state index contributed by atoms with van der Waals surface area (Å²) in [6.45, 7) is 3.84. The zero-order valence-corrected chi connectivity index (χ0v) is 12.1. The van der Waals surface area contributed by atoms with Gasteiger partial charge in [0, 0.05) is 20.3 Å². The van der Waals surface area contributed by atoms with Crippen LogP contribution >= 0.6 is 0 Å². The average molecular weight is 265 g/mol. The lowest BCUT2D eigenvalue weighted by atomic mass is 9.93. The number of carbonyl (C=O) groups is 1. The Morgan fingerprint density at radius 3 is 2.37 bits per heavy atom. The Morgan fingerprint density at radius 1 is 1.37 bits per heavy atom. The summed E-state index contributed by atoms with van der Waals surface area (Å²) in [6, 6.07) is 3.54. The second-order valence-electron chi connectivity index (χ2n) is 4.90. The van der Waals surface area contributed by atoms with E-state index < -0.39 is 5.54 Å². The standard InChI is InChI=1S/C14H23N3O2/c1-5-14(6-2,10-18)16-13(19)11-7-8-12(15-9-11)17(3)4/h7-9,18H,5-6,10H2,1-4H3,(H,16,19). The van der Waals surface area contributed by atoms with Crippen molar-refractivity contribution in [1.82, 2.24) is 10.3 Å². The van der Waals surface area contributed by atoms with E-state index in [1.54, 1.807) is 18.3 Å². The minimum atomic E-state index is -0.544. The van der Waals surface area contributed by atoms with Crippen LogP contribution in [-0.4, -0.2) is 42.2 Å². The Bertz CT molecular complexity index is 403. The van der Waals surface area contributed by atoms with Gasteiger partial charge in [-0.2, -0.15) is 0 Å². The third-order valence-corrected chi connectivity index (χ3v) is 3.50. The van der Waals surface area contributed by atoms with Crippen molar-refractivity contribution in [1.29, 1.82) is 0 Å². The van der Waals surface area contributed by atoms with Crippen LogP contribution in [0.4, 0.5) is 5.82 Å². The number of amides is 1. The molecule has 0 spiro atoms. The highest BCUT2D eigenvalue weighted by Crippen LogP contribution is 2.16. The minimum absolute atomic E-state index is 0.0606. The van der Waals surface area contributed by atoms with E-state index in [4.69, 9.17) is 0 Å². The van der Waals surface area contributed by atoms with Crippen molar-refractivity contribution in [3.05, 3.63) is 23.9 Å². The van der Waals surface area contributed by atoms with Crippen molar-refractivity contribution in [3.63, 3.8) is 0 Å². The lowest BCUT2D eigenvalue weighted by molar-refractivity contribution is 0.0817. The number of anilines is 1. The van der Waals surface area contributed by atoms with Crippen LogP contribution in [0.3, 0.4) is 0 Å². The summed E-state index contributed by atoms with van der Waals surface area (Å²) < 4.78 is 0. The number of hydrogen-bond donors (Lipinski definition) is 2. The zero-order valence-electron chi connectivity index (χ0n) is 12.1. The molecule has 0 unspecified atom stereocenters. The highest BCUT2D eigenvalue weighted by Gasteiger charge is 2.27. The Kier molecular flexibility index (Phi) is 5.30. The van der Waals surface area contributed by atoms with Crippen LogP contribution in [0.25, 0.3) is 0 Å². The number of carbonyl (C=O) groups excluding carboxylic acids is 1. The van der Waals surface area contributed by atoms with E-state index in [-0.39, 0.29) is 12.5 Å². The highest BCUT2D eigenvalue weighted by atomic mass is 16.3. The summed E-state index contributed by atoms with van der Waals surface area (Å²) in [4.78, 5) is 18.2. The molecule has 5 heteroatoms. The fourth-order valence-electron chi connectivity index (χ4n) is 1.79. The lowest BCUT2D eigenvalue weighted by Gasteiger charge is -2.30. The molecule has 1 amide bonds. The molecule has 0 atom stereocenters. The molecule has 0 saturated heterocycles. The molecule has 1 aromatic heterocycles. The number of rotatable bonds is 6. The highest BCUT2D eigenvalue weighted by molar-refractivity contribution is 5.94. The molecule has 2 N–H and O–H groups in total. The molecule has 1 aromatic rings. The first-order valence-electron chi connectivity index (χ1n) is 6.54. The maximum absolute atomic E-state index is 12.1. The summed E-state index contributed by atoms with van der Waals surface area (Å²) in [5.74, 6) is 0.603. The molecule has 0 aliphatic rings. The minimum Gasteiger partial charge on any atom is -0.394 e. The molecule has 1 rings (SSSR count). The first-order chi connectivity index (χ1) is 8.98. The molecule has 106 valence electrons. The van der Waals surface area contributed by atoms with Crippen molar-refractivity contribution in [3.8, 4) is 0 Å². The van der Waals surface area contributed by atoms with E-state index in [0.29, 0.717) is 18.4 Å². The van der Waals surface area contributed by atoms with E-state index in [9.17, 15) is 9.90 Å². The molecular formula is C14H23N3O2. The fourth-order valence-corrected chi connectivity index (χ4v) is 1.79. The maximum atomic E-state index is 12.1. The summed E-state index contributed by atoms with van der Waals surface area (Å²) in [6.07, 6.45) is 2.93. The SMILES string of the molecule is CCC(CC)(CO)NC(=O)c1ccc(N(C)C)nc1. The Morgan fingerprint density at radius 2 is 2.00 bits per heavy atom. The van der Waals surface area contributed by atoms with E-state index in [1.165, 1.54) is 0 Å². The van der Waals surface area contributed by atoms with Gasteiger partial charge in [0.2, 0.25) is 0 Å². The Hall–Kier alpha value is -1.62. The molecule has 0 radical (unpaired) electrons. The molecule has 0 bridgehead atoms. The van der Waals surface area contributed by atoms with Crippen LogP contribution in [0, 0.1) is 0 Å². The van der Waals surface area contributed by atoms with Gasteiger partial charge in [0.15, 0.2) is 0 Å². The van der Waals surface area contributed by atoms with Crippen LogP contribution in [-0.2, 0) is 0 Å². The third kappa shape index (κ3) is 3.67. The summed E-state index contributed by atoms with van der Waals surface area (Å²) in [7, 11) is 3.79. The van der Waals surface area contributed by atoms with E-state index >= 15 is 0 Å². The number of aliphatic hydroxyl groups excluding tert-OH is 1. The molecule has 0 fully saturated rings. The quantitative estimate of drug-likeness (QED) is 0.816. The first-order valence-corrected chi connectivity index (χ1v) is 6.54. The number of pyridine rings is 1. The molecule has 0 aliphatic carbocycles. The predicted molar refractivity (Wildman–Crippen MR) is 76.4 cm³/mol. The Balaban J connectivity index is 2.83.